The Morgan fingerprint density at radius 3 is 2.50 bits per heavy atom. The molecule has 0 bridgehead atoms. The summed E-state index contributed by atoms with van der Waals surface area (Å²) in [4.78, 5) is 18.1. The largest absolute Gasteiger partial charge is 0.353 e. The van der Waals surface area contributed by atoms with Crippen LogP contribution in [0.2, 0.25) is 10.0 Å². The molecule has 1 N–H and O–H groups in total. The molecule has 2 aromatic rings. The first-order chi connectivity index (χ1) is 10.6. The van der Waals surface area contributed by atoms with Crippen LogP contribution in [-0.4, -0.2) is 28.9 Å². The van der Waals surface area contributed by atoms with Gasteiger partial charge in [-0.05, 0) is 38.1 Å². The highest BCUT2D eigenvalue weighted by Gasteiger charge is 2.13. The average Bonchev–Trinajstić information content (AvgIpc) is 2.53. The SMILES string of the molecule is CCN(CC)C(=O)c1ccc(Nc2cccc(Cl)c2Cl)cn1. The van der Waals surface area contributed by atoms with Gasteiger partial charge in [0.25, 0.3) is 5.91 Å². The maximum Gasteiger partial charge on any atom is 0.272 e. The van der Waals surface area contributed by atoms with E-state index in [4.69, 9.17) is 23.2 Å². The van der Waals surface area contributed by atoms with Gasteiger partial charge in [-0.3, -0.25) is 4.79 Å². The molecule has 116 valence electrons. The number of pyridine rings is 1. The Bertz CT molecular complexity index is 655. The standard InChI is InChI=1S/C16H17Cl2N3O/c1-3-21(4-2)16(22)14-9-8-11(10-19-14)20-13-7-5-6-12(17)15(13)18/h5-10,20H,3-4H2,1-2H3. The summed E-state index contributed by atoms with van der Waals surface area (Å²) < 4.78 is 0. The number of carbonyl (C=O) groups excluding carboxylic acids is 1. The van der Waals surface area contributed by atoms with Gasteiger partial charge in [-0.15, -0.1) is 0 Å². The lowest BCUT2D eigenvalue weighted by molar-refractivity contribution is 0.0767. The van der Waals surface area contributed by atoms with E-state index in [2.05, 4.69) is 10.3 Å². The third kappa shape index (κ3) is 3.70. The number of hydrogen-bond acceptors (Lipinski definition) is 3. The molecule has 4 nitrogen and oxygen atoms in total. The Balaban J connectivity index is 2.15. The van der Waals surface area contributed by atoms with Crippen LogP contribution in [0.3, 0.4) is 0 Å². The second kappa shape index (κ2) is 7.47. The number of nitrogens with zero attached hydrogens (tertiary/aromatic N) is 2. The fourth-order valence-electron chi connectivity index (χ4n) is 2.02. The smallest absolute Gasteiger partial charge is 0.272 e. The van der Waals surface area contributed by atoms with E-state index in [1.54, 1.807) is 29.3 Å². The van der Waals surface area contributed by atoms with E-state index in [1.165, 1.54) is 0 Å². The van der Waals surface area contributed by atoms with Crippen molar-refractivity contribution in [2.45, 2.75) is 13.8 Å². The van der Waals surface area contributed by atoms with Crippen molar-refractivity contribution >= 4 is 40.5 Å². The van der Waals surface area contributed by atoms with Crippen LogP contribution in [0, 0.1) is 0 Å². The lowest BCUT2D eigenvalue weighted by atomic mass is 10.2. The molecule has 22 heavy (non-hydrogen) atoms. The van der Waals surface area contributed by atoms with Gasteiger partial charge in [0.15, 0.2) is 0 Å². The van der Waals surface area contributed by atoms with Crippen LogP contribution in [0.1, 0.15) is 24.3 Å². The molecule has 0 saturated carbocycles. The summed E-state index contributed by atoms with van der Waals surface area (Å²) in [6, 6.07) is 8.84. The Morgan fingerprint density at radius 1 is 1.18 bits per heavy atom. The van der Waals surface area contributed by atoms with Crippen molar-refractivity contribution in [1.82, 2.24) is 9.88 Å². The zero-order valence-electron chi connectivity index (χ0n) is 12.4. The first kappa shape index (κ1) is 16.6. The predicted octanol–water partition coefficient (Wildman–Crippen LogP) is 4.61. The molecule has 0 radical (unpaired) electrons. The van der Waals surface area contributed by atoms with Crippen molar-refractivity contribution in [1.29, 1.82) is 0 Å². The molecule has 0 atom stereocenters. The summed E-state index contributed by atoms with van der Waals surface area (Å²) in [5, 5.41) is 4.06. The number of hydrogen-bond donors (Lipinski definition) is 1. The third-order valence-corrected chi connectivity index (χ3v) is 4.08. The number of anilines is 2. The second-order valence-corrected chi connectivity index (χ2v) is 5.42. The van der Waals surface area contributed by atoms with Gasteiger partial charge >= 0.3 is 0 Å². The van der Waals surface area contributed by atoms with Crippen molar-refractivity contribution in [3.8, 4) is 0 Å². The first-order valence-electron chi connectivity index (χ1n) is 7.03. The van der Waals surface area contributed by atoms with E-state index in [0.29, 0.717) is 34.5 Å². The van der Waals surface area contributed by atoms with E-state index in [9.17, 15) is 4.79 Å². The molecule has 0 saturated heterocycles. The minimum atomic E-state index is -0.0719. The molecule has 0 spiro atoms. The third-order valence-electron chi connectivity index (χ3n) is 3.26. The molecule has 0 aliphatic rings. The number of halogens is 2. The minimum Gasteiger partial charge on any atom is -0.353 e. The number of amides is 1. The van der Waals surface area contributed by atoms with Crippen LogP contribution in [0.15, 0.2) is 36.5 Å². The van der Waals surface area contributed by atoms with E-state index in [-0.39, 0.29) is 5.91 Å². The molecular formula is C16H17Cl2N3O. The normalized spacial score (nSPS) is 10.4. The van der Waals surface area contributed by atoms with Crippen molar-refractivity contribution < 1.29 is 4.79 Å². The summed E-state index contributed by atoms with van der Waals surface area (Å²) in [7, 11) is 0. The fraction of sp³-hybridized carbons (Fsp3) is 0.250. The lowest BCUT2D eigenvalue weighted by Crippen LogP contribution is -2.31. The minimum absolute atomic E-state index is 0.0719. The molecule has 2 rings (SSSR count). The van der Waals surface area contributed by atoms with Crippen LogP contribution in [0.5, 0.6) is 0 Å². The maximum absolute atomic E-state index is 12.2. The second-order valence-electron chi connectivity index (χ2n) is 4.64. The van der Waals surface area contributed by atoms with E-state index in [0.717, 1.165) is 5.69 Å². The Kier molecular flexibility index (Phi) is 5.63. The Hall–Kier alpha value is -1.78. The number of nitrogens with one attached hydrogen (secondary N) is 1. The van der Waals surface area contributed by atoms with Gasteiger partial charge in [-0.1, -0.05) is 29.3 Å². The zero-order valence-corrected chi connectivity index (χ0v) is 13.9. The van der Waals surface area contributed by atoms with E-state index >= 15 is 0 Å². The van der Waals surface area contributed by atoms with E-state index in [1.807, 2.05) is 26.0 Å². The topological polar surface area (TPSA) is 45.2 Å². The number of benzene rings is 1. The summed E-state index contributed by atoms with van der Waals surface area (Å²) in [5.41, 5.74) is 1.85. The molecule has 1 amide bonds. The number of aromatic nitrogens is 1. The van der Waals surface area contributed by atoms with Crippen molar-refractivity contribution in [3.63, 3.8) is 0 Å². The highest BCUT2D eigenvalue weighted by Crippen LogP contribution is 2.31. The highest BCUT2D eigenvalue weighted by molar-refractivity contribution is 6.43. The molecule has 1 aromatic carbocycles. The first-order valence-corrected chi connectivity index (χ1v) is 7.78. The van der Waals surface area contributed by atoms with Crippen LogP contribution in [0.25, 0.3) is 0 Å². The fourth-order valence-corrected chi connectivity index (χ4v) is 2.37. The van der Waals surface area contributed by atoms with Gasteiger partial charge in [-0.25, -0.2) is 4.98 Å². The van der Waals surface area contributed by atoms with Gasteiger partial charge in [-0.2, -0.15) is 0 Å². The highest BCUT2D eigenvalue weighted by atomic mass is 35.5. The lowest BCUT2D eigenvalue weighted by Gasteiger charge is -2.18. The summed E-state index contributed by atoms with van der Waals surface area (Å²) in [6.45, 7) is 5.21. The van der Waals surface area contributed by atoms with Gasteiger partial charge < -0.3 is 10.2 Å². The van der Waals surface area contributed by atoms with Crippen molar-refractivity contribution in [2.75, 3.05) is 18.4 Å². The molecule has 0 fully saturated rings. The van der Waals surface area contributed by atoms with Gasteiger partial charge in [0.05, 0.1) is 27.6 Å². The molecule has 1 heterocycles. The molecular weight excluding hydrogens is 321 g/mol. The van der Waals surface area contributed by atoms with Crippen molar-refractivity contribution in [3.05, 3.63) is 52.3 Å². The maximum atomic E-state index is 12.2. The average molecular weight is 338 g/mol. The van der Waals surface area contributed by atoms with E-state index < -0.39 is 0 Å². The monoisotopic (exact) mass is 337 g/mol. The molecule has 0 aliphatic carbocycles. The summed E-state index contributed by atoms with van der Waals surface area (Å²) in [6.07, 6.45) is 1.61. The van der Waals surface area contributed by atoms with Crippen LogP contribution >= 0.6 is 23.2 Å². The summed E-state index contributed by atoms with van der Waals surface area (Å²) >= 11 is 12.1. The molecule has 6 heteroatoms. The molecule has 0 unspecified atom stereocenters. The summed E-state index contributed by atoms with van der Waals surface area (Å²) in [5.74, 6) is -0.0719. The Labute approximate surface area is 140 Å². The van der Waals surface area contributed by atoms with Crippen molar-refractivity contribution in [2.24, 2.45) is 0 Å². The number of carbonyl (C=O) groups is 1. The van der Waals surface area contributed by atoms with Gasteiger partial charge in [0, 0.05) is 13.1 Å². The molecule has 0 aliphatic heterocycles. The zero-order chi connectivity index (χ0) is 16.1. The predicted molar refractivity (Wildman–Crippen MR) is 91.2 cm³/mol. The van der Waals surface area contributed by atoms with Crippen LogP contribution in [-0.2, 0) is 0 Å². The van der Waals surface area contributed by atoms with Crippen LogP contribution in [0.4, 0.5) is 11.4 Å². The van der Waals surface area contributed by atoms with Gasteiger partial charge in [0.2, 0.25) is 0 Å². The number of rotatable bonds is 5. The molecule has 1 aromatic heterocycles. The Morgan fingerprint density at radius 2 is 1.91 bits per heavy atom. The quantitative estimate of drug-likeness (QED) is 0.866. The van der Waals surface area contributed by atoms with Gasteiger partial charge in [0.1, 0.15) is 5.69 Å². The van der Waals surface area contributed by atoms with Crippen LogP contribution < -0.4 is 5.32 Å².